The van der Waals surface area contributed by atoms with Crippen molar-refractivity contribution in [3.05, 3.63) is 23.5 Å². The maximum absolute atomic E-state index is 12.6. The molecule has 0 aliphatic rings. The summed E-state index contributed by atoms with van der Waals surface area (Å²) in [5, 5.41) is 0. The van der Waals surface area contributed by atoms with E-state index in [1.807, 2.05) is 0 Å². The third-order valence-corrected chi connectivity index (χ3v) is 2.62. The zero-order valence-corrected chi connectivity index (χ0v) is 15.3. The maximum atomic E-state index is 12.6. The first-order valence-electron chi connectivity index (χ1n) is 7.53. The molecular weight excluding hydrogens is 308 g/mol. The first-order chi connectivity index (χ1) is 10.8. The van der Waals surface area contributed by atoms with E-state index in [2.05, 4.69) is 10.9 Å². The van der Waals surface area contributed by atoms with Gasteiger partial charge >= 0.3 is 12.2 Å². The Morgan fingerprint density at radius 3 is 1.92 bits per heavy atom. The predicted octanol–water partition coefficient (Wildman–Crippen LogP) is 4.05. The first-order valence-corrected chi connectivity index (χ1v) is 7.53. The number of nitrogens with zero attached hydrogens (tertiary/aromatic N) is 2. The van der Waals surface area contributed by atoms with Crippen LogP contribution in [0.2, 0.25) is 0 Å². The number of hydrogen-bond acceptors (Lipinski definition) is 5. The van der Waals surface area contributed by atoms with Gasteiger partial charge in [0, 0.05) is 6.20 Å². The fourth-order valence-corrected chi connectivity index (χ4v) is 1.72. The highest BCUT2D eigenvalue weighted by Gasteiger charge is 2.33. The van der Waals surface area contributed by atoms with Gasteiger partial charge in [0.05, 0.1) is 5.69 Å². The van der Waals surface area contributed by atoms with E-state index in [1.54, 1.807) is 48.5 Å². The van der Waals surface area contributed by atoms with E-state index >= 15 is 0 Å². The van der Waals surface area contributed by atoms with Gasteiger partial charge in [0.1, 0.15) is 16.9 Å². The summed E-state index contributed by atoms with van der Waals surface area (Å²) in [5.74, 6) is 2.38. The molecule has 1 heterocycles. The van der Waals surface area contributed by atoms with E-state index < -0.39 is 23.4 Å². The number of aryl methyl sites for hydroxylation is 1. The van der Waals surface area contributed by atoms with Crippen LogP contribution in [-0.4, -0.2) is 28.4 Å². The molecule has 130 valence electrons. The smallest absolute Gasteiger partial charge is 0.424 e. The molecule has 1 aromatic rings. The highest BCUT2D eigenvalue weighted by molar-refractivity contribution is 6.10. The molecule has 0 atom stereocenters. The van der Waals surface area contributed by atoms with Crippen LogP contribution >= 0.6 is 0 Å². The minimum atomic E-state index is -0.839. The standard InChI is InChI=1S/C18H24N2O4/c1-9-13-10-14(12(2)11-19-13)20(15(21)23-17(3,4)5)16(22)24-18(6,7)8/h1,10-11H,2-8H3. The Kier molecular flexibility index (Phi) is 5.62. The number of amides is 2. The average Bonchev–Trinajstić information content (AvgIpc) is 2.37. The van der Waals surface area contributed by atoms with Gasteiger partial charge in [-0.25, -0.2) is 14.6 Å². The summed E-state index contributed by atoms with van der Waals surface area (Å²) in [5.41, 5.74) is -0.375. The molecule has 24 heavy (non-hydrogen) atoms. The zero-order valence-electron chi connectivity index (χ0n) is 15.3. The van der Waals surface area contributed by atoms with Crippen LogP contribution in [0.3, 0.4) is 0 Å². The van der Waals surface area contributed by atoms with Crippen molar-refractivity contribution in [3.8, 4) is 12.3 Å². The second-order valence-corrected chi connectivity index (χ2v) is 7.30. The Morgan fingerprint density at radius 1 is 1.08 bits per heavy atom. The van der Waals surface area contributed by atoms with Gasteiger partial charge in [-0.15, -0.1) is 6.42 Å². The quantitative estimate of drug-likeness (QED) is 0.726. The van der Waals surface area contributed by atoms with Crippen molar-refractivity contribution >= 4 is 17.9 Å². The molecule has 0 bridgehead atoms. The number of pyridine rings is 1. The Morgan fingerprint density at radius 2 is 1.54 bits per heavy atom. The lowest BCUT2D eigenvalue weighted by atomic mass is 10.2. The molecular formula is C18H24N2O4. The van der Waals surface area contributed by atoms with Gasteiger partial charge in [-0.3, -0.25) is 0 Å². The Labute approximate surface area is 143 Å². The number of carbonyl (C=O) groups is 2. The molecule has 1 aromatic heterocycles. The lowest BCUT2D eigenvalue weighted by Gasteiger charge is -2.29. The molecule has 0 saturated carbocycles. The van der Waals surface area contributed by atoms with Crippen molar-refractivity contribution in [2.24, 2.45) is 0 Å². The Balaban J connectivity index is 3.36. The minimum Gasteiger partial charge on any atom is -0.443 e. The van der Waals surface area contributed by atoms with Crippen LogP contribution < -0.4 is 4.90 Å². The second kappa shape index (κ2) is 6.91. The van der Waals surface area contributed by atoms with Gasteiger partial charge in [0.15, 0.2) is 0 Å². The van der Waals surface area contributed by atoms with Crippen LogP contribution in [0, 0.1) is 19.3 Å². The third kappa shape index (κ3) is 5.58. The number of imide groups is 1. The van der Waals surface area contributed by atoms with Crippen molar-refractivity contribution in [2.75, 3.05) is 4.90 Å². The van der Waals surface area contributed by atoms with Crippen LogP contribution in [0.5, 0.6) is 0 Å². The van der Waals surface area contributed by atoms with Crippen molar-refractivity contribution in [2.45, 2.75) is 59.7 Å². The van der Waals surface area contributed by atoms with E-state index in [9.17, 15) is 9.59 Å². The van der Waals surface area contributed by atoms with Crippen LogP contribution in [-0.2, 0) is 9.47 Å². The molecule has 0 saturated heterocycles. The molecule has 0 spiro atoms. The van der Waals surface area contributed by atoms with Gasteiger partial charge < -0.3 is 9.47 Å². The van der Waals surface area contributed by atoms with Crippen LogP contribution in [0.4, 0.5) is 15.3 Å². The lowest BCUT2D eigenvalue weighted by molar-refractivity contribution is 0.0430. The molecule has 0 unspecified atom stereocenters. The highest BCUT2D eigenvalue weighted by Crippen LogP contribution is 2.25. The van der Waals surface area contributed by atoms with E-state index in [4.69, 9.17) is 15.9 Å². The molecule has 0 aliphatic heterocycles. The molecule has 0 radical (unpaired) electrons. The molecule has 0 aliphatic carbocycles. The van der Waals surface area contributed by atoms with E-state index in [1.165, 1.54) is 12.3 Å². The predicted molar refractivity (Wildman–Crippen MR) is 91.9 cm³/mol. The fraction of sp³-hybridized carbons (Fsp3) is 0.500. The summed E-state index contributed by atoms with van der Waals surface area (Å²) < 4.78 is 10.7. The van der Waals surface area contributed by atoms with Gasteiger partial charge in [0.25, 0.3) is 0 Å². The normalized spacial score (nSPS) is 11.4. The van der Waals surface area contributed by atoms with E-state index in [-0.39, 0.29) is 5.69 Å². The minimum absolute atomic E-state index is 0.279. The Bertz CT molecular complexity index is 648. The monoisotopic (exact) mass is 332 g/mol. The SMILES string of the molecule is C#Cc1cc(N(C(=O)OC(C)(C)C)C(=O)OC(C)(C)C)c(C)cn1. The van der Waals surface area contributed by atoms with Crippen molar-refractivity contribution in [1.29, 1.82) is 0 Å². The first kappa shape index (κ1) is 19.5. The van der Waals surface area contributed by atoms with Crippen molar-refractivity contribution in [3.63, 3.8) is 0 Å². The van der Waals surface area contributed by atoms with Crippen molar-refractivity contribution in [1.82, 2.24) is 4.98 Å². The second-order valence-electron chi connectivity index (χ2n) is 7.30. The number of carbonyl (C=O) groups excluding carboxylic acids is 2. The fourth-order valence-electron chi connectivity index (χ4n) is 1.72. The van der Waals surface area contributed by atoms with Crippen LogP contribution in [0.1, 0.15) is 52.8 Å². The molecule has 6 heteroatoms. The molecule has 0 N–H and O–H groups in total. The number of terminal acetylenes is 1. The van der Waals surface area contributed by atoms with Gasteiger partial charge in [0.2, 0.25) is 0 Å². The number of hydrogen-bond donors (Lipinski definition) is 0. The number of anilines is 1. The van der Waals surface area contributed by atoms with Gasteiger partial charge in [-0.05, 0) is 60.1 Å². The molecule has 6 nitrogen and oxygen atoms in total. The van der Waals surface area contributed by atoms with E-state index in [0.29, 0.717) is 11.3 Å². The molecule has 0 aromatic carbocycles. The summed E-state index contributed by atoms with van der Waals surface area (Å²) in [6.07, 6.45) is 5.18. The number of ether oxygens (including phenoxy) is 2. The summed E-state index contributed by atoms with van der Waals surface area (Å²) in [7, 11) is 0. The summed E-state index contributed by atoms with van der Waals surface area (Å²) >= 11 is 0. The topological polar surface area (TPSA) is 68.7 Å². The molecule has 2 amide bonds. The summed E-state index contributed by atoms with van der Waals surface area (Å²) in [6.45, 7) is 12.0. The lowest BCUT2D eigenvalue weighted by Crippen LogP contribution is -2.44. The van der Waals surface area contributed by atoms with Gasteiger partial charge in [-0.1, -0.05) is 5.92 Å². The highest BCUT2D eigenvalue weighted by atomic mass is 16.6. The molecule has 1 rings (SSSR count). The average molecular weight is 332 g/mol. The zero-order chi connectivity index (χ0) is 18.7. The third-order valence-electron chi connectivity index (χ3n) is 2.62. The van der Waals surface area contributed by atoms with Gasteiger partial charge in [-0.2, -0.15) is 4.90 Å². The largest absolute Gasteiger partial charge is 0.443 e. The van der Waals surface area contributed by atoms with E-state index in [0.717, 1.165) is 4.90 Å². The number of aromatic nitrogens is 1. The Hall–Kier alpha value is -2.55. The van der Waals surface area contributed by atoms with Crippen LogP contribution in [0.25, 0.3) is 0 Å². The van der Waals surface area contributed by atoms with Crippen LogP contribution in [0.15, 0.2) is 12.3 Å². The molecule has 0 fully saturated rings. The maximum Gasteiger partial charge on any atom is 0.424 e. The summed E-state index contributed by atoms with van der Waals surface area (Å²) in [4.78, 5) is 30.0. The number of rotatable bonds is 1. The summed E-state index contributed by atoms with van der Waals surface area (Å²) in [6, 6.07) is 1.48. The van der Waals surface area contributed by atoms with Crippen molar-refractivity contribution < 1.29 is 19.1 Å².